The fraction of sp³-hybridized carbons (Fsp3) is 0.211. The lowest BCUT2D eigenvalue weighted by atomic mass is 10.1. The van der Waals surface area contributed by atoms with Crippen LogP contribution in [0.1, 0.15) is 22.6 Å². The molecule has 3 aromatic heterocycles. The number of aromatic nitrogens is 6. The maximum atomic E-state index is 13.2. The Morgan fingerprint density at radius 3 is 2.75 bits per heavy atom. The van der Waals surface area contributed by atoms with Crippen LogP contribution in [-0.4, -0.2) is 41.8 Å². The average molecular weight is 379 g/mol. The molecule has 4 aromatic rings. The number of nitrogens with zero attached hydrogens (tertiary/aromatic N) is 6. The van der Waals surface area contributed by atoms with E-state index in [0.717, 1.165) is 18.7 Å². The van der Waals surface area contributed by atoms with Crippen molar-refractivity contribution in [2.45, 2.75) is 19.9 Å². The summed E-state index contributed by atoms with van der Waals surface area (Å²) < 4.78 is 16.5. The molecule has 0 saturated carbocycles. The molecule has 8 nitrogen and oxygen atoms in total. The first kappa shape index (κ1) is 17.8. The van der Waals surface area contributed by atoms with Gasteiger partial charge in [0.05, 0.1) is 5.69 Å². The highest BCUT2D eigenvalue weighted by molar-refractivity contribution is 5.94. The standard InChI is InChI=1S/C19H18FN7O/c1-13-7-9-23-26(13)10-2-8-21-18(28)17-11-16(14-3-5-15(20)6-4-14)25-19-22-12-24-27(17)19/h3-7,9,11-12H,2,8,10H2,1H3,(H,21,28). The summed E-state index contributed by atoms with van der Waals surface area (Å²) in [6.45, 7) is 3.19. The van der Waals surface area contributed by atoms with Crippen LogP contribution in [0.2, 0.25) is 0 Å². The minimum atomic E-state index is -0.335. The summed E-state index contributed by atoms with van der Waals surface area (Å²) in [7, 11) is 0. The number of nitrogens with one attached hydrogen (secondary N) is 1. The zero-order valence-electron chi connectivity index (χ0n) is 15.2. The van der Waals surface area contributed by atoms with Gasteiger partial charge in [-0.25, -0.2) is 9.37 Å². The van der Waals surface area contributed by atoms with Crippen LogP contribution in [0.4, 0.5) is 4.39 Å². The normalized spacial score (nSPS) is 11.1. The lowest BCUT2D eigenvalue weighted by molar-refractivity contribution is 0.0945. The molecule has 0 aliphatic carbocycles. The van der Waals surface area contributed by atoms with Crippen LogP contribution in [0.25, 0.3) is 17.0 Å². The number of carbonyl (C=O) groups is 1. The predicted octanol–water partition coefficient (Wildman–Crippen LogP) is 2.26. The van der Waals surface area contributed by atoms with Crippen molar-refractivity contribution in [3.8, 4) is 11.3 Å². The van der Waals surface area contributed by atoms with Crippen molar-refractivity contribution in [1.29, 1.82) is 0 Å². The second-order valence-electron chi connectivity index (χ2n) is 6.31. The number of benzene rings is 1. The van der Waals surface area contributed by atoms with Crippen molar-refractivity contribution in [2.75, 3.05) is 6.54 Å². The number of hydrogen-bond acceptors (Lipinski definition) is 5. The third-order valence-electron chi connectivity index (χ3n) is 4.39. The summed E-state index contributed by atoms with van der Waals surface area (Å²) in [5, 5.41) is 11.2. The highest BCUT2D eigenvalue weighted by atomic mass is 19.1. The van der Waals surface area contributed by atoms with E-state index < -0.39 is 0 Å². The fourth-order valence-electron chi connectivity index (χ4n) is 2.90. The molecular formula is C19H18FN7O. The van der Waals surface area contributed by atoms with Gasteiger partial charge in [0.25, 0.3) is 11.7 Å². The van der Waals surface area contributed by atoms with Gasteiger partial charge in [0, 0.05) is 30.5 Å². The van der Waals surface area contributed by atoms with E-state index in [1.54, 1.807) is 24.4 Å². The van der Waals surface area contributed by atoms with Crippen LogP contribution < -0.4 is 5.32 Å². The van der Waals surface area contributed by atoms with Crippen LogP contribution in [-0.2, 0) is 6.54 Å². The quantitative estimate of drug-likeness (QED) is 0.519. The van der Waals surface area contributed by atoms with Gasteiger partial charge in [0.1, 0.15) is 17.8 Å². The third-order valence-corrected chi connectivity index (χ3v) is 4.39. The summed E-state index contributed by atoms with van der Waals surface area (Å²) in [4.78, 5) is 21.2. The maximum absolute atomic E-state index is 13.2. The molecule has 0 aliphatic rings. The topological polar surface area (TPSA) is 90.0 Å². The Hall–Kier alpha value is -3.62. The lowest BCUT2D eigenvalue weighted by Gasteiger charge is -2.09. The van der Waals surface area contributed by atoms with Crippen LogP contribution in [0, 0.1) is 12.7 Å². The molecular weight excluding hydrogens is 361 g/mol. The van der Waals surface area contributed by atoms with E-state index in [4.69, 9.17) is 0 Å². The summed E-state index contributed by atoms with van der Waals surface area (Å²) in [6.07, 6.45) is 3.84. The smallest absolute Gasteiger partial charge is 0.270 e. The molecule has 142 valence electrons. The van der Waals surface area contributed by atoms with Gasteiger partial charge in [-0.1, -0.05) is 0 Å². The molecule has 0 bridgehead atoms. The Morgan fingerprint density at radius 2 is 2.00 bits per heavy atom. The zero-order valence-corrected chi connectivity index (χ0v) is 15.2. The molecule has 0 spiro atoms. The third kappa shape index (κ3) is 3.59. The number of aryl methyl sites for hydroxylation is 2. The van der Waals surface area contributed by atoms with E-state index in [9.17, 15) is 9.18 Å². The summed E-state index contributed by atoms with van der Waals surface area (Å²) in [5.74, 6) is -0.310. The first-order valence-electron chi connectivity index (χ1n) is 8.85. The van der Waals surface area contributed by atoms with E-state index in [0.29, 0.717) is 29.3 Å². The fourth-order valence-corrected chi connectivity index (χ4v) is 2.90. The average Bonchev–Trinajstić information content (AvgIpc) is 3.33. The van der Waals surface area contributed by atoms with Gasteiger partial charge < -0.3 is 5.32 Å². The first-order chi connectivity index (χ1) is 13.6. The summed E-state index contributed by atoms with van der Waals surface area (Å²) >= 11 is 0. The first-order valence-corrected chi connectivity index (χ1v) is 8.85. The number of hydrogen-bond donors (Lipinski definition) is 1. The minimum Gasteiger partial charge on any atom is -0.351 e. The van der Waals surface area contributed by atoms with Crippen LogP contribution in [0.3, 0.4) is 0 Å². The largest absolute Gasteiger partial charge is 0.351 e. The van der Waals surface area contributed by atoms with E-state index in [2.05, 4.69) is 25.5 Å². The van der Waals surface area contributed by atoms with Gasteiger partial charge in [-0.2, -0.15) is 19.7 Å². The number of amides is 1. The number of carbonyl (C=O) groups excluding carboxylic acids is 1. The maximum Gasteiger partial charge on any atom is 0.270 e. The second kappa shape index (κ2) is 7.55. The van der Waals surface area contributed by atoms with Gasteiger partial charge in [-0.3, -0.25) is 9.48 Å². The number of fused-ring (bicyclic) bond motifs is 1. The Morgan fingerprint density at radius 1 is 1.18 bits per heavy atom. The zero-order chi connectivity index (χ0) is 19.5. The molecule has 9 heteroatoms. The molecule has 28 heavy (non-hydrogen) atoms. The molecule has 0 fully saturated rings. The molecule has 1 N–H and O–H groups in total. The predicted molar refractivity (Wildman–Crippen MR) is 100 cm³/mol. The van der Waals surface area contributed by atoms with E-state index in [-0.39, 0.29) is 11.7 Å². The summed E-state index contributed by atoms with van der Waals surface area (Å²) in [5.41, 5.74) is 2.61. The van der Waals surface area contributed by atoms with Crippen molar-refractivity contribution in [3.05, 3.63) is 66.1 Å². The number of halogens is 1. The van der Waals surface area contributed by atoms with Crippen molar-refractivity contribution >= 4 is 11.7 Å². The Kier molecular flexibility index (Phi) is 4.79. The molecule has 0 aliphatic heterocycles. The van der Waals surface area contributed by atoms with Gasteiger partial charge in [-0.15, -0.1) is 0 Å². The van der Waals surface area contributed by atoms with Gasteiger partial charge in [0.15, 0.2) is 0 Å². The molecule has 1 amide bonds. The van der Waals surface area contributed by atoms with Gasteiger partial charge >= 0.3 is 0 Å². The molecule has 1 aromatic carbocycles. The molecule has 0 unspecified atom stereocenters. The summed E-state index contributed by atoms with van der Waals surface area (Å²) in [6, 6.07) is 9.48. The molecule has 4 rings (SSSR count). The van der Waals surface area contributed by atoms with Crippen LogP contribution in [0.5, 0.6) is 0 Å². The Bertz CT molecular complexity index is 1120. The SMILES string of the molecule is Cc1ccnn1CCCNC(=O)c1cc(-c2ccc(F)cc2)nc2ncnn12. The minimum absolute atomic E-state index is 0.279. The monoisotopic (exact) mass is 379 g/mol. The van der Waals surface area contributed by atoms with Crippen LogP contribution >= 0.6 is 0 Å². The van der Waals surface area contributed by atoms with Crippen molar-refractivity contribution in [3.63, 3.8) is 0 Å². The van der Waals surface area contributed by atoms with Crippen LogP contribution in [0.15, 0.2) is 48.9 Å². The Balaban J connectivity index is 1.51. The second-order valence-corrected chi connectivity index (χ2v) is 6.31. The molecule has 0 saturated heterocycles. The molecule has 0 radical (unpaired) electrons. The molecule has 0 atom stereocenters. The number of rotatable bonds is 6. The van der Waals surface area contributed by atoms with Crippen molar-refractivity contribution < 1.29 is 9.18 Å². The highest BCUT2D eigenvalue weighted by Gasteiger charge is 2.15. The van der Waals surface area contributed by atoms with Crippen molar-refractivity contribution in [2.24, 2.45) is 0 Å². The van der Waals surface area contributed by atoms with E-state index >= 15 is 0 Å². The van der Waals surface area contributed by atoms with Crippen molar-refractivity contribution in [1.82, 2.24) is 34.7 Å². The van der Waals surface area contributed by atoms with Gasteiger partial charge in [0.2, 0.25) is 0 Å². The van der Waals surface area contributed by atoms with E-state index in [1.165, 1.54) is 23.0 Å². The lowest BCUT2D eigenvalue weighted by Crippen LogP contribution is -2.27. The Labute approximate surface area is 160 Å². The van der Waals surface area contributed by atoms with Gasteiger partial charge in [-0.05, 0) is 49.7 Å². The molecule has 3 heterocycles. The highest BCUT2D eigenvalue weighted by Crippen LogP contribution is 2.19. The van der Waals surface area contributed by atoms with E-state index in [1.807, 2.05) is 17.7 Å².